The van der Waals surface area contributed by atoms with Gasteiger partial charge in [-0.2, -0.15) is 8.78 Å². The number of halogens is 2. The van der Waals surface area contributed by atoms with Crippen molar-refractivity contribution >= 4 is 11.5 Å². The topological polar surface area (TPSA) is 20.3 Å². The Morgan fingerprint density at radius 3 is 2.58 bits per heavy atom. The Hall–Kier alpha value is -1.71. The van der Waals surface area contributed by atoms with E-state index in [4.69, 9.17) is 0 Å². The third-order valence-electron chi connectivity index (χ3n) is 3.56. The van der Waals surface area contributed by atoms with Crippen molar-refractivity contribution in [1.29, 1.82) is 0 Å². The molecule has 0 spiro atoms. The number of hydrogen-bond acceptors (Lipinski definition) is 2. The van der Waals surface area contributed by atoms with Gasteiger partial charge in [0, 0.05) is 23.7 Å². The van der Waals surface area contributed by atoms with Crippen molar-refractivity contribution in [3.8, 4) is 0 Å². The number of nitrogens with zero attached hydrogens (tertiary/aromatic N) is 1. The predicted molar refractivity (Wildman–Crippen MR) is 71.6 cm³/mol. The van der Waals surface area contributed by atoms with Crippen LogP contribution in [0.5, 0.6) is 0 Å². The van der Waals surface area contributed by atoms with Crippen molar-refractivity contribution in [2.24, 2.45) is 0 Å². The van der Waals surface area contributed by atoms with E-state index in [1.807, 2.05) is 11.8 Å². The van der Waals surface area contributed by atoms with Gasteiger partial charge in [-0.3, -0.25) is 4.79 Å². The predicted octanol–water partition coefficient (Wildman–Crippen LogP) is 3.52. The Bertz CT molecular complexity index is 481. The van der Waals surface area contributed by atoms with Crippen molar-refractivity contribution in [2.75, 3.05) is 11.4 Å². The molecule has 102 valence electrons. The lowest BCUT2D eigenvalue weighted by atomic mass is 10.1. The maximum Gasteiger partial charge on any atom is 0.291 e. The zero-order valence-corrected chi connectivity index (χ0v) is 10.9. The van der Waals surface area contributed by atoms with Gasteiger partial charge in [0.15, 0.2) is 5.78 Å². The number of carbonyl (C=O) groups excluding carboxylic acids is 1. The maximum absolute atomic E-state index is 13.4. The van der Waals surface area contributed by atoms with E-state index < -0.39 is 5.92 Å². The highest BCUT2D eigenvalue weighted by molar-refractivity contribution is 5.88. The minimum Gasteiger partial charge on any atom is -0.361 e. The first-order valence-electron chi connectivity index (χ1n) is 6.38. The normalized spacial score (nSPS) is 19.8. The minimum absolute atomic E-state index is 0.0789. The fraction of sp³-hybridized carbons (Fsp3) is 0.400. The SMILES string of the molecule is C=CC(F)(F)c1ccc(N2CC(=O)C[C@H]2CC)cc1. The monoisotopic (exact) mass is 265 g/mol. The summed E-state index contributed by atoms with van der Waals surface area (Å²) < 4.78 is 26.8. The summed E-state index contributed by atoms with van der Waals surface area (Å²) in [4.78, 5) is 13.5. The van der Waals surface area contributed by atoms with E-state index in [1.54, 1.807) is 12.1 Å². The smallest absolute Gasteiger partial charge is 0.291 e. The molecular formula is C15H17F2NO. The Balaban J connectivity index is 2.23. The number of hydrogen-bond donors (Lipinski definition) is 0. The molecule has 1 heterocycles. The Morgan fingerprint density at radius 1 is 1.42 bits per heavy atom. The quantitative estimate of drug-likeness (QED) is 0.776. The van der Waals surface area contributed by atoms with Gasteiger partial charge in [0.1, 0.15) is 0 Å². The van der Waals surface area contributed by atoms with Crippen molar-refractivity contribution in [3.63, 3.8) is 0 Å². The molecule has 1 aliphatic rings. The fourth-order valence-corrected chi connectivity index (χ4v) is 2.42. The number of carbonyl (C=O) groups is 1. The van der Waals surface area contributed by atoms with Gasteiger partial charge < -0.3 is 4.90 Å². The number of Topliss-reactive ketones (excluding diaryl/α,β-unsaturated/α-hetero) is 1. The zero-order valence-electron chi connectivity index (χ0n) is 10.9. The molecule has 19 heavy (non-hydrogen) atoms. The Kier molecular flexibility index (Phi) is 3.69. The number of anilines is 1. The molecule has 0 radical (unpaired) electrons. The van der Waals surface area contributed by atoms with E-state index in [0.29, 0.717) is 19.0 Å². The van der Waals surface area contributed by atoms with Crippen LogP contribution in [-0.2, 0) is 10.7 Å². The van der Waals surface area contributed by atoms with Crippen LogP contribution in [0.4, 0.5) is 14.5 Å². The first-order valence-corrected chi connectivity index (χ1v) is 6.38. The molecule has 0 aromatic heterocycles. The molecule has 2 nitrogen and oxygen atoms in total. The lowest BCUT2D eigenvalue weighted by Gasteiger charge is -2.25. The second-order valence-corrected chi connectivity index (χ2v) is 4.81. The Labute approximate surface area is 111 Å². The van der Waals surface area contributed by atoms with Crippen molar-refractivity contribution < 1.29 is 13.6 Å². The molecule has 1 aliphatic heterocycles. The summed E-state index contributed by atoms with van der Waals surface area (Å²) in [6.45, 7) is 5.53. The summed E-state index contributed by atoms with van der Waals surface area (Å²) in [7, 11) is 0. The molecular weight excluding hydrogens is 248 g/mol. The standard InChI is InChI=1S/C15H17F2NO/c1-3-12-9-14(19)10-18(12)13-7-5-11(6-8-13)15(16,17)4-2/h4-8,12H,2-3,9-10H2,1H3/t12-/m1/s1. The molecule has 1 atom stereocenters. The second kappa shape index (κ2) is 5.11. The second-order valence-electron chi connectivity index (χ2n) is 4.81. The largest absolute Gasteiger partial charge is 0.361 e. The molecule has 4 heteroatoms. The van der Waals surface area contributed by atoms with Crippen LogP contribution in [0.1, 0.15) is 25.3 Å². The van der Waals surface area contributed by atoms with Gasteiger partial charge in [-0.25, -0.2) is 0 Å². The van der Waals surface area contributed by atoms with Gasteiger partial charge in [-0.15, -0.1) is 0 Å². The van der Waals surface area contributed by atoms with Gasteiger partial charge in [0.25, 0.3) is 5.92 Å². The molecule has 0 bridgehead atoms. The average Bonchev–Trinajstić information content (AvgIpc) is 2.80. The lowest BCUT2D eigenvalue weighted by molar-refractivity contribution is -0.116. The number of benzene rings is 1. The molecule has 2 rings (SSSR count). The van der Waals surface area contributed by atoms with E-state index in [9.17, 15) is 13.6 Å². The van der Waals surface area contributed by atoms with E-state index in [-0.39, 0.29) is 17.4 Å². The van der Waals surface area contributed by atoms with Gasteiger partial charge >= 0.3 is 0 Å². The van der Waals surface area contributed by atoms with Crippen LogP contribution in [-0.4, -0.2) is 18.4 Å². The number of alkyl halides is 2. The third-order valence-corrected chi connectivity index (χ3v) is 3.56. The molecule has 0 amide bonds. The van der Waals surface area contributed by atoms with Crippen LogP contribution < -0.4 is 4.90 Å². The van der Waals surface area contributed by atoms with Gasteiger partial charge in [0.2, 0.25) is 0 Å². The van der Waals surface area contributed by atoms with Gasteiger partial charge in [-0.05, 0) is 24.6 Å². The summed E-state index contributed by atoms with van der Waals surface area (Å²) in [6, 6.07) is 6.26. The lowest BCUT2D eigenvalue weighted by Crippen LogP contribution is -2.28. The van der Waals surface area contributed by atoms with E-state index >= 15 is 0 Å². The summed E-state index contributed by atoms with van der Waals surface area (Å²) in [5, 5.41) is 0. The molecule has 0 saturated carbocycles. The van der Waals surface area contributed by atoms with Crippen LogP contribution in [0.25, 0.3) is 0 Å². The summed E-state index contributed by atoms with van der Waals surface area (Å²) in [5.41, 5.74) is 0.742. The van der Waals surface area contributed by atoms with E-state index in [0.717, 1.165) is 12.1 Å². The van der Waals surface area contributed by atoms with Crippen molar-refractivity contribution in [2.45, 2.75) is 31.7 Å². The zero-order chi connectivity index (χ0) is 14.0. The van der Waals surface area contributed by atoms with E-state index in [2.05, 4.69) is 6.58 Å². The summed E-state index contributed by atoms with van der Waals surface area (Å²) in [6.07, 6.45) is 2.05. The van der Waals surface area contributed by atoms with Crippen LogP contribution >= 0.6 is 0 Å². The third kappa shape index (κ3) is 2.67. The minimum atomic E-state index is -3.01. The molecule has 1 saturated heterocycles. The number of ketones is 1. The van der Waals surface area contributed by atoms with Gasteiger partial charge in [-0.1, -0.05) is 25.6 Å². The fourth-order valence-electron chi connectivity index (χ4n) is 2.42. The molecule has 0 N–H and O–H groups in total. The first kappa shape index (κ1) is 13.7. The van der Waals surface area contributed by atoms with Crippen molar-refractivity contribution in [3.05, 3.63) is 42.5 Å². The maximum atomic E-state index is 13.4. The highest BCUT2D eigenvalue weighted by atomic mass is 19.3. The highest BCUT2D eigenvalue weighted by Gasteiger charge is 2.30. The van der Waals surface area contributed by atoms with E-state index in [1.165, 1.54) is 12.1 Å². The number of allylic oxidation sites excluding steroid dienone is 1. The van der Waals surface area contributed by atoms with Gasteiger partial charge in [0.05, 0.1) is 6.54 Å². The van der Waals surface area contributed by atoms with Crippen LogP contribution in [0.2, 0.25) is 0 Å². The van der Waals surface area contributed by atoms with Crippen molar-refractivity contribution in [1.82, 2.24) is 0 Å². The average molecular weight is 265 g/mol. The summed E-state index contributed by atoms with van der Waals surface area (Å²) in [5.74, 6) is -2.81. The molecule has 1 aromatic rings. The van der Waals surface area contributed by atoms with Crippen LogP contribution in [0.3, 0.4) is 0 Å². The number of rotatable bonds is 4. The Morgan fingerprint density at radius 2 is 2.05 bits per heavy atom. The molecule has 1 fully saturated rings. The summed E-state index contributed by atoms with van der Waals surface area (Å²) >= 11 is 0. The highest BCUT2D eigenvalue weighted by Crippen LogP contribution is 2.32. The molecule has 0 unspecified atom stereocenters. The van der Waals surface area contributed by atoms with Crippen LogP contribution in [0, 0.1) is 0 Å². The first-order chi connectivity index (χ1) is 8.97. The molecule has 1 aromatic carbocycles. The van der Waals surface area contributed by atoms with Crippen LogP contribution in [0.15, 0.2) is 36.9 Å². The molecule has 0 aliphatic carbocycles.